The van der Waals surface area contributed by atoms with Crippen molar-refractivity contribution in [1.29, 1.82) is 0 Å². The number of carbonyl (C=O) groups is 1. The number of aromatic nitrogens is 1. The molecule has 0 saturated carbocycles. The van der Waals surface area contributed by atoms with Gasteiger partial charge in [-0.1, -0.05) is 20.3 Å². The summed E-state index contributed by atoms with van der Waals surface area (Å²) >= 11 is 1.49. The Hall–Kier alpha value is -0.700. The van der Waals surface area contributed by atoms with Gasteiger partial charge < -0.3 is 0 Å². The normalized spacial score (nSPS) is 12.8. The molecule has 1 atom stereocenters. The molecule has 72 valence electrons. The first-order valence-electron chi connectivity index (χ1n) is 4.59. The molecule has 0 N–H and O–H groups in total. The van der Waals surface area contributed by atoms with Gasteiger partial charge in [0, 0.05) is 12.6 Å². The van der Waals surface area contributed by atoms with E-state index in [4.69, 9.17) is 0 Å². The summed E-state index contributed by atoms with van der Waals surface area (Å²) < 4.78 is 0. The number of Topliss-reactive ketones (excluding diaryl/α,β-unsaturated/α-hetero) is 1. The molecule has 0 aromatic carbocycles. The van der Waals surface area contributed by atoms with Crippen molar-refractivity contribution in [1.82, 2.24) is 4.98 Å². The van der Waals surface area contributed by atoms with E-state index in [-0.39, 0.29) is 5.78 Å². The van der Waals surface area contributed by atoms with Crippen LogP contribution in [0.5, 0.6) is 0 Å². The molecule has 0 saturated heterocycles. The molecule has 0 aliphatic heterocycles. The molecule has 0 amide bonds. The van der Waals surface area contributed by atoms with Crippen LogP contribution in [-0.2, 0) is 0 Å². The van der Waals surface area contributed by atoms with E-state index in [9.17, 15) is 4.79 Å². The van der Waals surface area contributed by atoms with E-state index in [0.29, 0.717) is 12.3 Å². The van der Waals surface area contributed by atoms with Crippen LogP contribution in [0.25, 0.3) is 0 Å². The number of carbonyl (C=O) groups excluding carboxylic acids is 1. The summed E-state index contributed by atoms with van der Waals surface area (Å²) in [7, 11) is 0. The highest BCUT2D eigenvalue weighted by atomic mass is 32.1. The maximum Gasteiger partial charge on any atom is 0.174 e. The van der Waals surface area contributed by atoms with Crippen molar-refractivity contribution in [3.63, 3.8) is 0 Å². The Balaban J connectivity index is 2.58. The number of thiazole rings is 1. The lowest BCUT2D eigenvalue weighted by atomic mass is 10.0. The third-order valence-electron chi connectivity index (χ3n) is 2.13. The maximum absolute atomic E-state index is 11.6. The van der Waals surface area contributed by atoms with E-state index in [1.165, 1.54) is 11.3 Å². The minimum atomic E-state index is 0.236. The Morgan fingerprint density at radius 2 is 2.38 bits per heavy atom. The Morgan fingerprint density at radius 1 is 1.69 bits per heavy atom. The highest BCUT2D eigenvalue weighted by Gasteiger charge is 2.11. The smallest absolute Gasteiger partial charge is 0.174 e. The highest BCUT2D eigenvalue weighted by molar-refractivity contribution is 7.13. The van der Waals surface area contributed by atoms with Crippen molar-refractivity contribution < 1.29 is 4.79 Å². The second kappa shape index (κ2) is 4.51. The summed E-state index contributed by atoms with van der Waals surface area (Å²) in [5.41, 5.74) is 0. The molecule has 1 heterocycles. The number of aryl methyl sites for hydroxylation is 1. The van der Waals surface area contributed by atoms with Gasteiger partial charge in [0.2, 0.25) is 0 Å². The van der Waals surface area contributed by atoms with Gasteiger partial charge in [0.1, 0.15) is 0 Å². The zero-order valence-corrected chi connectivity index (χ0v) is 9.15. The molecule has 2 nitrogen and oxygen atoms in total. The molecule has 0 radical (unpaired) electrons. The van der Waals surface area contributed by atoms with Gasteiger partial charge in [-0.15, -0.1) is 11.3 Å². The van der Waals surface area contributed by atoms with Crippen LogP contribution in [-0.4, -0.2) is 10.8 Å². The first-order chi connectivity index (χ1) is 6.13. The molecule has 1 rings (SSSR count). The average molecular weight is 197 g/mol. The van der Waals surface area contributed by atoms with Crippen LogP contribution in [0.3, 0.4) is 0 Å². The Kier molecular flexibility index (Phi) is 3.60. The van der Waals surface area contributed by atoms with Crippen molar-refractivity contribution in [2.75, 3.05) is 0 Å². The topological polar surface area (TPSA) is 30.0 Å². The highest BCUT2D eigenvalue weighted by Crippen LogP contribution is 2.17. The Morgan fingerprint density at radius 3 is 2.85 bits per heavy atom. The summed E-state index contributed by atoms with van der Waals surface area (Å²) in [6.45, 7) is 6.13. The molecule has 3 heteroatoms. The Bertz CT molecular complexity index is 293. The standard InChI is InChI=1S/C10H15NOS/c1-4-7(2)5-9(12)10-6-11-8(3)13-10/h6-7H,4-5H2,1-3H3. The zero-order valence-electron chi connectivity index (χ0n) is 8.33. The number of hydrogen-bond acceptors (Lipinski definition) is 3. The molecule has 0 fully saturated rings. The lowest BCUT2D eigenvalue weighted by molar-refractivity contribution is 0.0967. The van der Waals surface area contributed by atoms with E-state index in [2.05, 4.69) is 18.8 Å². The van der Waals surface area contributed by atoms with Gasteiger partial charge in [-0.25, -0.2) is 4.98 Å². The number of hydrogen-bond donors (Lipinski definition) is 0. The van der Waals surface area contributed by atoms with E-state index in [0.717, 1.165) is 16.3 Å². The van der Waals surface area contributed by atoms with Crippen molar-refractivity contribution in [2.45, 2.75) is 33.6 Å². The molecular formula is C10H15NOS. The lowest BCUT2D eigenvalue weighted by Gasteiger charge is -2.04. The Labute approximate surface area is 83.0 Å². The fourth-order valence-electron chi connectivity index (χ4n) is 1.05. The van der Waals surface area contributed by atoms with Crippen LogP contribution >= 0.6 is 11.3 Å². The molecule has 1 aromatic heterocycles. The zero-order chi connectivity index (χ0) is 9.84. The summed E-state index contributed by atoms with van der Waals surface area (Å²) in [6.07, 6.45) is 3.40. The van der Waals surface area contributed by atoms with E-state index < -0.39 is 0 Å². The van der Waals surface area contributed by atoms with Crippen LogP contribution in [0.2, 0.25) is 0 Å². The van der Waals surface area contributed by atoms with Gasteiger partial charge in [0.05, 0.1) is 9.88 Å². The summed E-state index contributed by atoms with van der Waals surface area (Å²) in [6, 6.07) is 0. The van der Waals surface area contributed by atoms with Gasteiger partial charge in [0.25, 0.3) is 0 Å². The van der Waals surface area contributed by atoms with E-state index >= 15 is 0 Å². The molecule has 1 aromatic rings. The van der Waals surface area contributed by atoms with Gasteiger partial charge in [-0.05, 0) is 12.8 Å². The third-order valence-corrected chi connectivity index (χ3v) is 3.08. The second-order valence-electron chi connectivity index (χ2n) is 3.38. The van der Waals surface area contributed by atoms with Crippen LogP contribution in [0.4, 0.5) is 0 Å². The summed E-state index contributed by atoms with van der Waals surface area (Å²) in [5.74, 6) is 0.717. The molecule has 1 unspecified atom stereocenters. The van der Waals surface area contributed by atoms with Gasteiger partial charge >= 0.3 is 0 Å². The first kappa shape index (κ1) is 10.4. The number of nitrogens with zero attached hydrogens (tertiary/aromatic N) is 1. The lowest BCUT2D eigenvalue weighted by Crippen LogP contribution is -2.03. The van der Waals surface area contributed by atoms with Crippen molar-refractivity contribution in [2.24, 2.45) is 5.92 Å². The van der Waals surface area contributed by atoms with Crippen molar-refractivity contribution in [3.05, 3.63) is 16.1 Å². The number of ketones is 1. The van der Waals surface area contributed by atoms with Crippen LogP contribution < -0.4 is 0 Å². The van der Waals surface area contributed by atoms with Crippen LogP contribution in [0.15, 0.2) is 6.20 Å². The van der Waals surface area contributed by atoms with Crippen molar-refractivity contribution in [3.8, 4) is 0 Å². The minimum absolute atomic E-state index is 0.236. The fraction of sp³-hybridized carbons (Fsp3) is 0.600. The monoisotopic (exact) mass is 197 g/mol. The van der Waals surface area contributed by atoms with Gasteiger partial charge in [-0.2, -0.15) is 0 Å². The van der Waals surface area contributed by atoms with Crippen molar-refractivity contribution >= 4 is 17.1 Å². The third kappa shape index (κ3) is 2.92. The maximum atomic E-state index is 11.6. The van der Waals surface area contributed by atoms with Gasteiger partial charge in [-0.3, -0.25) is 4.79 Å². The van der Waals surface area contributed by atoms with E-state index in [1.807, 2.05) is 6.92 Å². The number of rotatable bonds is 4. The van der Waals surface area contributed by atoms with E-state index in [1.54, 1.807) is 6.20 Å². The van der Waals surface area contributed by atoms with Gasteiger partial charge in [0.15, 0.2) is 5.78 Å². The first-order valence-corrected chi connectivity index (χ1v) is 5.40. The largest absolute Gasteiger partial charge is 0.293 e. The molecule has 0 spiro atoms. The fourth-order valence-corrected chi connectivity index (χ4v) is 1.78. The molecule has 0 aliphatic rings. The predicted octanol–water partition coefficient (Wildman–Crippen LogP) is 3.07. The quantitative estimate of drug-likeness (QED) is 0.694. The van der Waals surface area contributed by atoms with Crippen LogP contribution in [0, 0.1) is 12.8 Å². The second-order valence-corrected chi connectivity index (χ2v) is 4.62. The molecular weight excluding hydrogens is 182 g/mol. The van der Waals surface area contributed by atoms with Crippen LogP contribution in [0.1, 0.15) is 41.4 Å². The molecule has 13 heavy (non-hydrogen) atoms. The average Bonchev–Trinajstić information content (AvgIpc) is 2.51. The summed E-state index contributed by atoms with van der Waals surface area (Å²) in [5, 5.41) is 0.965. The minimum Gasteiger partial charge on any atom is -0.293 e. The molecule has 0 aliphatic carbocycles. The predicted molar refractivity (Wildman–Crippen MR) is 55.3 cm³/mol. The SMILES string of the molecule is CCC(C)CC(=O)c1cnc(C)s1. The summed E-state index contributed by atoms with van der Waals surface area (Å²) in [4.78, 5) is 16.5. The molecule has 0 bridgehead atoms.